The number of nitrogens with one attached hydrogen (secondary N) is 1. The number of carbonyl (C=O) groups excluding carboxylic acids is 1. The van der Waals surface area contributed by atoms with Gasteiger partial charge < -0.3 is 15.3 Å². The molecule has 1 aliphatic rings. The highest BCUT2D eigenvalue weighted by molar-refractivity contribution is 5.93. The van der Waals surface area contributed by atoms with Crippen LogP contribution in [-0.4, -0.2) is 58.7 Å². The number of likely N-dealkylation sites (tertiary alicyclic amines) is 1. The molecule has 1 amide bonds. The van der Waals surface area contributed by atoms with E-state index in [1.54, 1.807) is 0 Å². The highest BCUT2D eigenvalue weighted by atomic mass is 16.3. The minimum atomic E-state index is -0.125. The summed E-state index contributed by atoms with van der Waals surface area (Å²) in [7, 11) is 0. The van der Waals surface area contributed by atoms with Crippen LogP contribution in [0.1, 0.15) is 23.2 Å². The lowest BCUT2D eigenvalue weighted by molar-refractivity contribution is 0.0924. The van der Waals surface area contributed by atoms with Crippen molar-refractivity contribution < 1.29 is 9.90 Å². The van der Waals surface area contributed by atoms with Crippen molar-refractivity contribution in [3.8, 4) is 0 Å². The molecule has 0 saturated carbocycles. The fourth-order valence-corrected chi connectivity index (χ4v) is 2.42. The van der Waals surface area contributed by atoms with E-state index in [4.69, 9.17) is 5.11 Å². The molecule has 6 nitrogen and oxygen atoms in total. The summed E-state index contributed by atoms with van der Waals surface area (Å²) in [6.07, 6.45) is 6.68. The van der Waals surface area contributed by atoms with Crippen LogP contribution in [0.4, 0.5) is 0 Å². The van der Waals surface area contributed by atoms with Crippen LogP contribution in [0.2, 0.25) is 0 Å². The molecule has 0 bridgehead atoms. The average molecular weight is 264 g/mol. The quantitative estimate of drug-likeness (QED) is 0.777. The summed E-state index contributed by atoms with van der Waals surface area (Å²) in [5, 5.41) is 11.9. The van der Waals surface area contributed by atoms with Crippen molar-refractivity contribution in [3.63, 3.8) is 0 Å². The first-order valence-electron chi connectivity index (χ1n) is 6.66. The zero-order chi connectivity index (χ0) is 13.5. The Kier molecular flexibility index (Phi) is 5.23. The van der Waals surface area contributed by atoms with Crippen LogP contribution in [0.5, 0.6) is 0 Å². The number of piperidine rings is 1. The number of aliphatic hydroxyl groups excluding tert-OH is 1. The SMILES string of the molecule is O=C(NCC1CCCN(CCO)C1)c1cncnc1. The van der Waals surface area contributed by atoms with Gasteiger partial charge in [-0.3, -0.25) is 4.79 Å². The first-order chi connectivity index (χ1) is 9.29. The van der Waals surface area contributed by atoms with Gasteiger partial charge in [0.25, 0.3) is 5.91 Å². The Morgan fingerprint density at radius 3 is 3.00 bits per heavy atom. The van der Waals surface area contributed by atoms with Gasteiger partial charge in [-0.1, -0.05) is 0 Å². The van der Waals surface area contributed by atoms with Crippen molar-refractivity contribution in [1.29, 1.82) is 0 Å². The van der Waals surface area contributed by atoms with Gasteiger partial charge in [-0.15, -0.1) is 0 Å². The molecule has 1 saturated heterocycles. The van der Waals surface area contributed by atoms with Gasteiger partial charge in [0, 0.05) is 32.0 Å². The zero-order valence-electron chi connectivity index (χ0n) is 11.0. The molecule has 19 heavy (non-hydrogen) atoms. The second-order valence-corrected chi connectivity index (χ2v) is 4.87. The van der Waals surface area contributed by atoms with Gasteiger partial charge in [0.2, 0.25) is 0 Å². The van der Waals surface area contributed by atoms with Gasteiger partial charge in [-0.25, -0.2) is 9.97 Å². The predicted molar refractivity (Wildman–Crippen MR) is 70.6 cm³/mol. The summed E-state index contributed by atoms with van der Waals surface area (Å²) in [6.45, 7) is 3.55. The van der Waals surface area contributed by atoms with Crippen LogP contribution in [0.15, 0.2) is 18.7 Å². The Morgan fingerprint density at radius 1 is 1.47 bits per heavy atom. The Bertz CT molecular complexity index is 397. The summed E-state index contributed by atoms with van der Waals surface area (Å²) < 4.78 is 0. The Labute approximate surface area is 112 Å². The maximum atomic E-state index is 11.8. The summed E-state index contributed by atoms with van der Waals surface area (Å²) in [5.41, 5.74) is 0.491. The molecule has 1 aliphatic heterocycles. The van der Waals surface area contributed by atoms with Crippen molar-refractivity contribution in [2.45, 2.75) is 12.8 Å². The molecule has 0 aliphatic carbocycles. The van der Waals surface area contributed by atoms with Gasteiger partial charge in [-0.2, -0.15) is 0 Å². The third kappa shape index (κ3) is 4.25. The lowest BCUT2D eigenvalue weighted by Crippen LogP contribution is -2.41. The van der Waals surface area contributed by atoms with Crippen molar-refractivity contribution in [3.05, 3.63) is 24.3 Å². The van der Waals surface area contributed by atoms with E-state index in [0.717, 1.165) is 32.5 Å². The minimum Gasteiger partial charge on any atom is -0.395 e. The first kappa shape index (κ1) is 13.9. The number of hydrogen-bond acceptors (Lipinski definition) is 5. The molecule has 1 aromatic rings. The molecule has 0 spiro atoms. The van der Waals surface area contributed by atoms with E-state index in [9.17, 15) is 4.79 Å². The molecule has 0 radical (unpaired) electrons. The lowest BCUT2D eigenvalue weighted by atomic mass is 9.98. The lowest BCUT2D eigenvalue weighted by Gasteiger charge is -2.32. The highest BCUT2D eigenvalue weighted by Crippen LogP contribution is 2.15. The van der Waals surface area contributed by atoms with E-state index in [1.807, 2.05) is 0 Å². The molecular weight excluding hydrogens is 244 g/mol. The molecule has 2 heterocycles. The third-order valence-corrected chi connectivity index (χ3v) is 3.39. The van der Waals surface area contributed by atoms with Crippen LogP contribution in [0, 0.1) is 5.92 Å². The summed E-state index contributed by atoms with van der Waals surface area (Å²) in [5.74, 6) is 0.328. The highest BCUT2D eigenvalue weighted by Gasteiger charge is 2.20. The fraction of sp³-hybridized carbons (Fsp3) is 0.615. The molecule has 0 aromatic carbocycles. The number of β-amino-alcohol motifs (C(OH)–C–C–N with tert-alkyl or cyclic N) is 1. The smallest absolute Gasteiger partial charge is 0.254 e. The summed E-state index contributed by atoms with van der Waals surface area (Å²) in [4.78, 5) is 21.7. The molecule has 1 atom stereocenters. The number of hydrogen-bond donors (Lipinski definition) is 2. The van der Waals surface area contributed by atoms with Gasteiger partial charge in [0.1, 0.15) is 6.33 Å². The van der Waals surface area contributed by atoms with Crippen LogP contribution >= 0.6 is 0 Å². The normalized spacial score (nSPS) is 20.2. The number of nitrogens with zero attached hydrogens (tertiary/aromatic N) is 3. The van der Waals surface area contributed by atoms with E-state index in [2.05, 4.69) is 20.2 Å². The second kappa shape index (κ2) is 7.16. The van der Waals surface area contributed by atoms with E-state index >= 15 is 0 Å². The van der Waals surface area contributed by atoms with Gasteiger partial charge in [-0.05, 0) is 25.3 Å². The standard InChI is InChI=1S/C13H20N4O2/c18-5-4-17-3-1-2-11(9-17)6-16-13(19)12-7-14-10-15-8-12/h7-8,10-11,18H,1-6,9H2,(H,16,19). The Balaban J connectivity index is 1.77. The average Bonchev–Trinajstić information content (AvgIpc) is 2.46. The maximum Gasteiger partial charge on any atom is 0.254 e. The molecule has 2 rings (SSSR count). The Morgan fingerprint density at radius 2 is 2.26 bits per heavy atom. The van der Waals surface area contributed by atoms with Crippen molar-refractivity contribution >= 4 is 5.91 Å². The molecule has 6 heteroatoms. The molecule has 1 fully saturated rings. The van der Waals surface area contributed by atoms with E-state index in [-0.39, 0.29) is 12.5 Å². The van der Waals surface area contributed by atoms with E-state index in [1.165, 1.54) is 18.7 Å². The minimum absolute atomic E-state index is 0.125. The molecule has 2 N–H and O–H groups in total. The van der Waals surface area contributed by atoms with Crippen LogP contribution in [0.25, 0.3) is 0 Å². The topological polar surface area (TPSA) is 78.4 Å². The summed E-state index contributed by atoms with van der Waals surface area (Å²) in [6, 6.07) is 0. The number of aromatic nitrogens is 2. The zero-order valence-corrected chi connectivity index (χ0v) is 11.0. The molecule has 1 unspecified atom stereocenters. The van der Waals surface area contributed by atoms with Crippen LogP contribution in [-0.2, 0) is 0 Å². The maximum absolute atomic E-state index is 11.8. The van der Waals surface area contributed by atoms with Crippen molar-refractivity contribution in [2.75, 3.05) is 32.8 Å². The number of amides is 1. The van der Waals surface area contributed by atoms with Gasteiger partial charge in [0.05, 0.1) is 12.2 Å². The Hall–Kier alpha value is -1.53. The monoisotopic (exact) mass is 264 g/mol. The second-order valence-electron chi connectivity index (χ2n) is 4.87. The summed E-state index contributed by atoms with van der Waals surface area (Å²) >= 11 is 0. The number of rotatable bonds is 5. The van der Waals surface area contributed by atoms with Crippen LogP contribution in [0.3, 0.4) is 0 Å². The third-order valence-electron chi connectivity index (χ3n) is 3.39. The van der Waals surface area contributed by atoms with Gasteiger partial charge >= 0.3 is 0 Å². The van der Waals surface area contributed by atoms with Crippen molar-refractivity contribution in [1.82, 2.24) is 20.2 Å². The number of carbonyl (C=O) groups is 1. The van der Waals surface area contributed by atoms with Crippen molar-refractivity contribution in [2.24, 2.45) is 5.92 Å². The predicted octanol–water partition coefficient (Wildman–Crippen LogP) is -0.0893. The molecule has 104 valence electrons. The fourth-order valence-electron chi connectivity index (χ4n) is 2.42. The molecular formula is C13H20N4O2. The van der Waals surface area contributed by atoms with Gasteiger partial charge in [0.15, 0.2) is 0 Å². The van der Waals surface area contributed by atoms with E-state index < -0.39 is 0 Å². The van der Waals surface area contributed by atoms with Crippen LogP contribution < -0.4 is 5.32 Å². The largest absolute Gasteiger partial charge is 0.395 e. The first-order valence-corrected chi connectivity index (χ1v) is 6.66. The van der Waals surface area contributed by atoms with E-state index in [0.29, 0.717) is 18.0 Å². The molecule has 1 aromatic heterocycles. The number of aliphatic hydroxyl groups is 1.